The van der Waals surface area contributed by atoms with Crippen LogP contribution >= 0.6 is 23.2 Å². The summed E-state index contributed by atoms with van der Waals surface area (Å²) >= 11 is 11.9. The summed E-state index contributed by atoms with van der Waals surface area (Å²) in [5.74, 6) is -0.614. The van der Waals surface area contributed by atoms with Crippen LogP contribution in [0.3, 0.4) is 0 Å². The Morgan fingerprint density at radius 1 is 1.21 bits per heavy atom. The first kappa shape index (κ1) is 18.7. The van der Waals surface area contributed by atoms with Crippen LogP contribution in [0.15, 0.2) is 36.4 Å². The summed E-state index contributed by atoms with van der Waals surface area (Å²) in [6, 6.07) is 11.6. The Morgan fingerprint density at radius 2 is 1.86 bits per heavy atom. The number of nitrogens with one attached hydrogen (secondary N) is 1. The van der Waals surface area contributed by atoms with Crippen LogP contribution in [0, 0.1) is 11.3 Å². The zero-order chi connectivity index (χ0) is 20.1. The molecule has 1 spiro atoms. The molecule has 2 aliphatic rings. The van der Waals surface area contributed by atoms with Gasteiger partial charge in [-0.3, -0.25) is 4.79 Å². The first-order valence-corrected chi connectivity index (χ1v) is 9.30. The van der Waals surface area contributed by atoms with Crippen molar-refractivity contribution in [1.29, 1.82) is 5.26 Å². The minimum atomic E-state index is -1.08. The fourth-order valence-electron chi connectivity index (χ4n) is 4.01. The molecular weight excluding hydrogens is 401 g/mol. The summed E-state index contributed by atoms with van der Waals surface area (Å²) < 4.78 is 0. The lowest BCUT2D eigenvalue weighted by Crippen LogP contribution is -2.53. The molecular formula is C19H15Cl2N5O2. The third-order valence-electron chi connectivity index (χ3n) is 5.42. The number of imide groups is 1. The number of anilines is 1. The van der Waals surface area contributed by atoms with Crippen molar-refractivity contribution in [1.82, 2.24) is 15.2 Å². The third kappa shape index (κ3) is 2.65. The summed E-state index contributed by atoms with van der Waals surface area (Å²) in [6.45, 7) is 0.850. The van der Waals surface area contributed by atoms with Crippen LogP contribution in [0.25, 0.3) is 0 Å². The maximum atomic E-state index is 13.5. The molecule has 1 N–H and O–H groups in total. The molecule has 0 saturated carbocycles. The fraction of sp³-hybridized carbons (Fsp3) is 0.263. The second-order valence-electron chi connectivity index (χ2n) is 6.79. The van der Waals surface area contributed by atoms with Crippen LogP contribution in [-0.4, -0.2) is 47.5 Å². The van der Waals surface area contributed by atoms with Gasteiger partial charge in [-0.15, -0.1) is 0 Å². The smallest absolute Gasteiger partial charge is 0.313 e. The van der Waals surface area contributed by atoms with Gasteiger partial charge in [0.25, 0.3) is 5.91 Å². The Morgan fingerprint density at radius 3 is 2.46 bits per heavy atom. The largest absolute Gasteiger partial charge is 0.332 e. The second kappa shape index (κ2) is 6.74. The maximum absolute atomic E-state index is 13.5. The molecule has 2 aliphatic heterocycles. The Labute approximate surface area is 171 Å². The summed E-state index contributed by atoms with van der Waals surface area (Å²) in [6.07, 6.45) is 0. The van der Waals surface area contributed by atoms with Crippen LogP contribution in [0.4, 0.5) is 10.5 Å². The lowest BCUT2D eigenvalue weighted by atomic mass is 9.80. The Hall–Kier alpha value is -2.66. The predicted octanol–water partition coefficient (Wildman–Crippen LogP) is 2.78. The van der Waals surface area contributed by atoms with E-state index in [1.165, 1.54) is 17.0 Å². The number of rotatable bonds is 2. The van der Waals surface area contributed by atoms with Crippen molar-refractivity contribution >= 4 is 40.8 Å². The summed E-state index contributed by atoms with van der Waals surface area (Å²) in [5.41, 5.74) is 0.625. The van der Waals surface area contributed by atoms with E-state index in [0.29, 0.717) is 18.7 Å². The minimum absolute atomic E-state index is 0.0971. The van der Waals surface area contributed by atoms with Gasteiger partial charge in [0.15, 0.2) is 0 Å². The molecule has 1 aromatic carbocycles. The molecule has 2 fully saturated rings. The van der Waals surface area contributed by atoms with Crippen molar-refractivity contribution in [3.63, 3.8) is 0 Å². The van der Waals surface area contributed by atoms with E-state index < -0.39 is 11.6 Å². The van der Waals surface area contributed by atoms with Gasteiger partial charge in [0, 0.05) is 26.1 Å². The number of pyridine rings is 1. The van der Waals surface area contributed by atoms with Gasteiger partial charge in [0.2, 0.25) is 0 Å². The maximum Gasteiger partial charge on any atom is 0.332 e. The lowest BCUT2D eigenvalue weighted by Gasteiger charge is -2.33. The average molecular weight is 416 g/mol. The second-order valence-corrected chi connectivity index (χ2v) is 7.57. The molecule has 2 atom stereocenters. The summed E-state index contributed by atoms with van der Waals surface area (Å²) in [4.78, 5) is 33.0. The van der Waals surface area contributed by atoms with Crippen molar-refractivity contribution in [2.75, 3.05) is 25.0 Å². The third-order valence-corrected chi connectivity index (χ3v) is 5.80. The minimum Gasteiger partial charge on any atom is -0.313 e. The number of urea groups is 1. The van der Waals surface area contributed by atoms with Gasteiger partial charge < -0.3 is 10.2 Å². The average Bonchev–Trinajstić information content (AvgIpc) is 3.19. The van der Waals surface area contributed by atoms with E-state index in [4.69, 9.17) is 28.5 Å². The zero-order valence-corrected chi connectivity index (χ0v) is 16.3. The topological polar surface area (TPSA) is 89.3 Å². The number of halogens is 2. The number of carbonyl (C=O) groups is 2. The highest BCUT2D eigenvalue weighted by Crippen LogP contribution is 2.43. The number of nitrogens with zero attached hydrogens (tertiary/aromatic N) is 4. The molecule has 28 heavy (non-hydrogen) atoms. The monoisotopic (exact) mass is 415 g/mol. The highest BCUT2D eigenvalue weighted by atomic mass is 35.5. The Balaban J connectivity index is 1.78. The zero-order valence-electron chi connectivity index (χ0n) is 14.8. The molecule has 7 nitrogen and oxygen atoms in total. The van der Waals surface area contributed by atoms with Crippen molar-refractivity contribution in [3.05, 3.63) is 57.8 Å². The normalized spacial score (nSPS) is 24.3. The fourth-order valence-corrected chi connectivity index (χ4v) is 4.46. The molecule has 9 heteroatoms. The van der Waals surface area contributed by atoms with E-state index in [-0.39, 0.29) is 27.8 Å². The van der Waals surface area contributed by atoms with Crippen LogP contribution in [0.2, 0.25) is 10.3 Å². The van der Waals surface area contributed by atoms with E-state index >= 15 is 0 Å². The highest BCUT2D eigenvalue weighted by Gasteiger charge is 2.62. The molecule has 0 bridgehead atoms. The molecule has 2 aromatic rings. The number of carbonyl (C=O) groups excluding carboxylic acids is 2. The van der Waals surface area contributed by atoms with E-state index in [2.05, 4.69) is 16.4 Å². The van der Waals surface area contributed by atoms with E-state index in [1.807, 2.05) is 12.1 Å². The summed E-state index contributed by atoms with van der Waals surface area (Å²) in [7, 11) is 1.62. The van der Waals surface area contributed by atoms with Gasteiger partial charge in [-0.2, -0.15) is 5.26 Å². The standard InChI is InChI=1S/C19H15Cl2N5O2/c1-25-18(28)26(13-6-15(20)24-16(21)7-13)17(27)19(25)10-23-9-14(19)12-4-2-11(8-22)3-5-12/h2-7,14,23H,9-10H2,1H3/t14-,19?/m0/s1. The molecule has 3 amide bonds. The van der Waals surface area contributed by atoms with Crippen LogP contribution in [-0.2, 0) is 4.79 Å². The molecule has 142 valence electrons. The van der Waals surface area contributed by atoms with Crippen LogP contribution < -0.4 is 10.2 Å². The Kier molecular flexibility index (Phi) is 4.50. The molecule has 0 aliphatic carbocycles. The SMILES string of the molecule is CN1C(=O)N(c2cc(Cl)nc(Cl)c2)C(=O)C12CNC[C@H]2c1ccc(C#N)cc1. The first-order valence-electron chi connectivity index (χ1n) is 8.54. The highest BCUT2D eigenvalue weighted by molar-refractivity contribution is 6.33. The van der Waals surface area contributed by atoms with Crippen LogP contribution in [0.1, 0.15) is 17.0 Å². The number of aromatic nitrogens is 1. The van der Waals surface area contributed by atoms with Crippen molar-refractivity contribution in [2.24, 2.45) is 0 Å². The molecule has 0 radical (unpaired) electrons. The van der Waals surface area contributed by atoms with E-state index in [0.717, 1.165) is 10.5 Å². The van der Waals surface area contributed by atoms with Crippen molar-refractivity contribution in [2.45, 2.75) is 11.5 Å². The van der Waals surface area contributed by atoms with Gasteiger partial charge in [-0.05, 0) is 29.8 Å². The summed E-state index contributed by atoms with van der Waals surface area (Å²) in [5, 5.41) is 12.5. The molecule has 4 rings (SSSR count). The van der Waals surface area contributed by atoms with E-state index in [9.17, 15) is 9.59 Å². The van der Waals surface area contributed by atoms with E-state index in [1.54, 1.807) is 19.2 Å². The van der Waals surface area contributed by atoms with Gasteiger partial charge in [-0.25, -0.2) is 14.7 Å². The molecule has 1 unspecified atom stereocenters. The van der Waals surface area contributed by atoms with Crippen molar-refractivity contribution in [3.8, 4) is 6.07 Å². The van der Waals surface area contributed by atoms with Gasteiger partial charge in [-0.1, -0.05) is 35.3 Å². The van der Waals surface area contributed by atoms with Crippen molar-refractivity contribution < 1.29 is 9.59 Å². The number of amides is 3. The van der Waals surface area contributed by atoms with Gasteiger partial charge in [0.05, 0.1) is 17.3 Å². The molecule has 1 aromatic heterocycles. The Bertz CT molecular complexity index is 1000. The number of hydrogen-bond acceptors (Lipinski definition) is 5. The first-order chi connectivity index (χ1) is 13.4. The number of hydrogen-bond donors (Lipinski definition) is 1. The lowest BCUT2D eigenvalue weighted by molar-refractivity contribution is -0.124. The predicted molar refractivity (Wildman–Crippen MR) is 104 cm³/mol. The van der Waals surface area contributed by atoms with Crippen LogP contribution in [0.5, 0.6) is 0 Å². The molecule has 3 heterocycles. The quantitative estimate of drug-likeness (QED) is 0.601. The molecule has 2 saturated heterocycles. The van der Waals surface area contributed by atoms with Gasteiger partial charge in [0.1, 0.15) is 15.8 Å². The number of nitriles is 1. The van der Waals surface area contributed by atoms with Gasteiger partial charge >= 0.3 is 6.03 Å². The number of likely N-dealkylation sites (N-methyl/N-ethyl adjacent to an activating group) is 1. The number of benzene rings is 1.